The zero-order valence-electron chi connectivity index (χ0n) is 12.4. The molecule has 2 rings (SSSR count). The second-order valence-electron chi connectivity index (χ2n) is 5.50. The summed E-state index contributed by atoms with van der Waals surface area (Å²) in [5, 5.41) is 3.07. The highest BCUT2D eigenvalue weighted by atomic mass is 32.2. The van der Waals surface area contributed by atoms with Crippen molar-refractivity contribution >= 4 is 22.8 Å². The first-order valence-corrected chi connectivity index (χ1v) is 7.79. The van der Waals surface area contributed by atoms with Gasteiger partial charge in [0.05, 0.1) is 16.9 Å². The van der Waals surface area contributed by atoms with Gasteiger partial charge in [-0.3, -0.25) is 9.79 Å². The number of hydrogen-bond acceptors (Lipinski definition) is 3. The highest BCUT2D eigenvalue weighted by molar-refractivity contribution is 8.15. The highest BCUT2D eigenvalue weighted by Gasteiger charge is 2.33. The van der Waals surface area contributed by atoms with Crippen LogP contribution in [-0.2, 0) is 11.0 Å². The zero-order chi connectivity index (χ0) is 16.5. The topological polar surface area (TPSA) is 41.5 Å². The molecule has 0 radical (unpaired) electrons. The van der Waals surface area contributed by atoms with Gasteiger partial charge in [-0.1, -0.05) is 37.7 Å². The van der Waals surface area contributed by atoms with Gasteiger partial charge in [0, 0.05) is 0 Å². The van der Waals surface area contributed by atoms with Crippen LogP contribution in [0.25, 0.3) is 0 Å². The van der Waals surface area contributed by atoms with Gasteiger partial charge in [0.15, 0.2) is 5.17 Å². The maximum Gasteiger partial charge on any atom is 0.416 e. The van der Waals surface area contributed by atoms with E-state index in [0.29, 0.717) is 10.7 Å². The summed E-state index contributed by atoms with van der Waals surface area (Å²) in [6, 6.07) is 4.60. The lowest BCUT2D eigenvalue weighted by molar-refractivity contribution is -0.137. The van der Waals surface area contributed by atoms with Gasteiger partial charge in [-0.25, -0.2) is 0 Å². The van der Waals surface area contributed by atoms with Crippen molar-refractivity contribution in [1.29, 1.82) is 0 Å². The lowest BCUT2D eigenvalue weighted by atomic mass is 10.1. The molecule has 7 heteroatoms. The molecule has 1 aliphatic heterocycles. The quantitative estimate of drug-likeness (QED) is 0.910. The summed E-state index contributed by atoms with van der Waals surface area (Å²) >= 11 is 1.37. The first-order chi connectivity index (χ1) is 10.2. The first kappa shape index (κ1) is 16.9. The van der Waals surface area contributed by atoms with Crippen molar-refractivity contribution in [2.24, 2.45) is 10.9 Å². The molecule has 0 saturated carbocycles. The molecule has 0 bridgehead atoms. The van der Waals surface area contributed by atoms with Crippen molar-refractivity contribution in [2.75, 3.05) is 0 Å². The van der Waals surface area contributed by atoms with Gasteiger partial charge in [0.2, 0.25) is 5.91 Å². The zero-order valence-corrected chi connectivity index (χ0v) is 13.3. The van der Waals surface area contributed by atoms with Gasteiger partial charge in [0.1, 0.15) is 0 Å². The van der Waals surface area contributed by atoms with Crippen LogP contribution in [0.1, 0.15) is 37.9 Å². The Hall–Kier alpha value is -1.50. The molecular formula is C15H17F3N2OS. The molecule has 1 heterocycles. The van der Waals surface area contributed by atoms with E-state index < -0.39 is 11.7 Å². The minimum atomic E-state index is -4.34. The number of hydrogen-bond donors (Lipinski definition) is 1. The maximum absolute atomic E-state index is 12.5. The van der Waals surface area contributed by atoms with Crippen LogP contribution in [0.4, 0.5) is 13.2 Å². The van der Waals surface area contributed by atoms with Crippen molar-refractivity contribution in [2.45, 2.75) is 38.2 Å². The van der Waals surface area contributed by atoms with E-state index in [9.17, 15) is 18.0 Å². The molecule has 1 aromatic carbocycles. The Morgan fingerprint density at radius 3 is 2.23 bits per heavy atom. The van der Waals surface area contributed by atoms with Crippen molar-refractivity contribution in [1.82, 2.24) is 5.32 Å². The van der Waals surface area contributed by atoms with Gasteiger partial charge < -0.3 is 5.32 Å². The highest BCUT2D eigenvalue weighted by Crippen LogP contribution is 2.31. The third kappa shape index (κ3) is 3.82. The number of rotatable bonds is 3. The Kier molecular flexibility index (Phi) is 4.84. The molecule has 120 valence electrons. The fourth-order valence-corrected chi connectivity index (χ4v) is 3.14. The third-order valence-electron chi connectivity index (χ3n) is 3.36. The van der Waals surface area contributed by atoms with Crippen LogP contribution in [-0.4, -0.2) is 16.3 Å². The van der Waals surface area contributed by atoms with Gasteiger partial charge in [-0.15, -0.1) is 0 Å². The van der Waals surface area contributed by atoms with E-state index in [1.165, 1.54) is 23.9 Å². The SMILES string of the molecule is CC(C)C1SC(=N[C@@H](C)c2ccc(C(F)(F)F)cc2)NC1=O. The number of nitrogens with zero attached hydrogens (tertiary/aromatic N) is 1. The Labute approximate surface area is 131 Å². The number of amidine groups is 1. The molecular weight excluding hydrogens is 313 g/mol. The number of benzene rings is 1. The van der Waals surface area contributed by atoms with E-state index in [1.54, 1.807) is 6.92 Å². The molecule has 1 unspecified atom stereocenters. The predicted octanol–water partition coefficient (Wildman–Crippen LogP) is 4.01. The lowest BCUT2D eigenvalue weighted by Gasteiger charge is -2.11. The van der Waals surface area contributed by atoms with Crippen LogP contribution in [0.2, 0.25) is 0 Å². The number of amides is 1. The Balaban J connectivity index is 2.11. The largest absolute Gasteiger partial charge is 0.416 e. The molecule has 0 aromatic heterocycles. The van der Waals surface area contributed by atoms with Crippen LogP contribution < -0.4 is 5.32 Å². The van der Waals surface area contributed by atoms with Crippen LogP contribution in [0, 0.1) is 5.92 Å². The van der Waals surface area contributed by atoms with Crippen LogP contribution >= 0.6 is 11.8 Å². The second-order valence-corrected chi connectivity index (χ2v) is 6.63. The van der Waals surface area contributed by atoms with Crippen molar-refractivity contribution < 1.29 is 18.0 Å². The number of halogens is 3. The summed E-state index contributed by atoms with van der Waals surface area (Å²) in [7, 11) is 0. The fourth-order valence-electron chi connectivity index (χ4n) is 2.08. The maximum atomic E-state index is 12.5. The minimum Gasteiger partial charge on any atom is -0.304 e. The smallest absolute Gasteiger partial charge is 0.304 e. The molecule has 1 amide bonds. The summed E-state index contributed by atoms with van der Waals surface area (Å²) in [5.74, 6) is 0.123. The molecule has 1 N–H and O–H groups in total. The summed E-state index contributed by atoms with van der Waals surface area (Å²) in [6.45, 7) is 5.70. The van der Waals surface area contributed by atoms with E-state index >= 15 is 0 Å². The number of nitrogens with one attached hydrogen (secondary N) is 1. The summed E-state index contributed by atoms with van der Waals surface area (Å²) < 4.78 is 37.6. The molecule has 1 fully saturated rings. The van der Waals surface area contributed by atoms with Crippen LogP contribution in [0.5, 0.6) is 0 Å². The Bertz CT molecular complexity index is 581. The average molecular weight is 330 g/mol. The van der Waals surface area contributed by atoms with Crippen LogP contribution in [0.15, 0.2) is 29.3 Å². The molecule has 1 aromatic rings. The van der Waals surface area contributed by atoms with E-state index in [4.69, 9.17) is 0 Å². The Morgan fingerprint density at radius 1 is 1.18 bits per heavy atom. The third-order valence-corrected chi connectivity index (χ3v) is 4.81. The average Bonchev–Trinajstić information content (AvgIpc) is 2.79. The number of thioether (sulfide) groups is 1. The lowest BCUT2D eigenvalue weighted by Crippen LogP contribution is -2.27. The normalized spacial score (nSPS) is 22.2. The second kappa shape index (κ2) is 6.32. The van der Waals surface area contributed by atoms with Gasteiger partial charge in [0.25, 0.3) is 0 Å². The predicted molar refractivity (Wildman–Crippen MR) is 81.7 cm³/mol. The standard InChI is InChI=1S/C15H17F3N2OS/c1-8(2)12-13(21)20-14(22-12)19-9(3)10-4-6-11(7-5-10)15(16,17)18/h4-9,12H,1-3H3,(H,19,20,21)/t9-,12?/m0/s1. The molecule has 1 aliphatic rings. The number of aliphatic imine (C=N–C) groups is 1. The monoisotopic (exact) mass is 330 g/mol. The van der Waals surface area contributed by atoms with Crippen molar-refractivity contribution in [3.8, 4) is 0 Å². The van der Waals surface area contributed by atoms with Gasteiger partial charge in [-0.2, -0.15) is 13.2 Å². The minimum absolute atomic E-state index is 0.0710. The first-order valence-electron chi connectivity index (χ1n) is 6.91. The molecule has 0 spiro atoms. The van der Waals surface area contributed by atoms with E-state index in [2.05, 4.69) is 10.3 Å². The van der Waals surface area contributed by atoms with E-state index in [0.717, 1.165) is 12.1 Å². The number of alkyl halides is 3. The number of carbonyl (C=O) groups is 1. The molecule has 1 saturated heterocycles. The molecule has 3 nitrogen and oxygen atoms in total. The van der Waals surface area contributed by atoms with E-state index in [-0.39, 0.29) is 23.1 Å². The summed E-state index contributed by atoms with van der Waals surface area (Å²) in [4.78, 5) is 16.1. The van der Waals surface area contributed by atoms with Gasteiger partial charge >= 0.3 is 6.18 Å². The van der Waals surface area contributed by atoms with E-state index in [1.807, 2.05) is 13.8 Å². The molecule has 22 heavy (non-hydrogen) atoms. The van der Waals surface area contributed by atoms with Gasteiger partial charge in [-0.05, 0) is 30.5 Å². The molecule has 2 atom stereocenters. The summed E-state index contributed by atoms with van der Waals surface area (Å²) in [6.07, 6.45) is -4.34. The van der Waals surface area contributed by atoms with Crippen molar-refractivity contribution in [3.63, 3.8) is 0 Å². The van der Waals surface area contributed by atoms with Crippen LogP contribution in [0.3, 0.4) is 0 Å². The number of carbonyl (C=O) groups excluding carboxylic acids is 1. The van der Waals surface area contributed by atoms with Crippen molar-refractivity contribution in [3.05, 3.63) is 35.4 Å². The Morgan fingerprint density at radius 2 is 1.77 bits per heavy atom. The molecule has 0 aliphatic carbocycles. The fraction of sp³-hybridized carbons (Fsp3) is 0.467. The summed E-state index contributed by atoms with van der Waals surface area (Å²) in [5.41, 5.74) is -0.0112.